The van der Waals surface area contributed by atoms with E-state index in [0.717, 1.165) is 19.3 Å². The average molecular weight is 202 g/mol. The van der Waals surface area contributed by atoms with E-state index in [1.165, 1.54) is 0 Å². The molecule has 0 aliphatic carbocycles. The van der Waals surface area contributed by atoms with Crippen LogP contribution in [0.2, 0.25) is 0 Å². The van der Waals surface area contributed by atoms with Crippen LogP contribution in [0.1, 0.15) is 19.3 Å². The number of rotatable bonds is 5. The molecule has 0 heterocycles. The van der Waals surface area contributed by atoms with Crippen LogP contribution in [0.3, 0.4) is 0 Å². The summed E-state index contributed by atoms with van der Waals surface area (Å²) in [6, 6.07) is 0. The minimum absolute atomic E-state index is 0.218. The van der Waals surface area contributed by atoms with E-state index in [2.05, 4.69) is 0 Å². The summed E-state index contributed by atoms with van der Waals surface area (Å²) in [6.45, 7) is 0. The third-order valence-corrected chi connectivity index (χ3v) is 1.66. The van der Waals surface area contributed by atoms with Gasteiger partial charge in [0.1, 0.15) is 4.84 Å². The fourth-order valence-electron chi connectivity index (χ4n) is 0.571. The van der Waals surface area contributed by atoms with Crippen LogP contribution in [0.5, 0.6) is 0 Å². The normalized spacial score (nSPS) is 11.6. The van der Waals surface area contributed by atoms with Crippen molar-refractivity contribution in [1.82, 2.24) is 0 Å². The molecule has 0 saturated heterocycles. The number of hydrogen-bond acceptors (Lipinski definition) is 0. The highest BCUT2D eigenvalue weighted by atomic mass is 35.5. The van der Waals surface area contributed by atoms with E-state index < -0.39 is 0 Å². The van der Waals surface area contributed by atoms with Crippen molar-refractivity contribution in [1.29, 1.82) is 0 Å². The molecular formula is C7H11Cl3. The molecule has 0 unspecified atom stereocenters. The highest BCUT2D eigenvalue weighted by molar-refractivity contribution is 6.44. The molecule has 0 aliphatic rings. The lowest BCUT2D eigenvalue weighted by Gasteiger charge is -1.95. The molecule has 3 heteroatoms. The summed E-state index contributed by atoms with van der Waals surface area (Å²) in [5.74, 6) is 0.588. The molecule has 0 fully saturated rings. The maximum atomic E-state index is 5.51. The van der Waals surface area contributed by atoms with Gasteiger partial charge in [0.2, 0.25) is 0 Å². The second-order valence-electron chi connectivity index (χ2n) is 1.95. The Morgan fingerprint density at radius 3 is 2.40 bits per heavy atom. The van der Waals surface area contributed by atoms with Gasteiger partial charge in [-0.25, -0.2) is 0 Å². The van der Waals surface area contributed by atoms with Crippen molar-refractivity contribution in [2.75, 3.05) is 5.88 Å². The first kappa shape index (κ1) is 10.6. The van der Waals surface area contributed by atoms with Crippen LogP contribution in [0, 0.1) is 0 Å². The third-order valence-electron chi connectivity index (χ3n) is 1.05. The topological polar surface area (TPSA) is 0 Å². The molecule has 0 spiro atoms. The van der Waals surface area contributed by atoms with Crippen molar-refractivity contribution in [3.63, 3.8) is 0 Å². The zero-order valence-electron chi connectivity index (χ0n) is 5.69. The van der Waals surface area contributed by atoms with E-state index in [-0.39, 0.29) is 4.84 Å². The maximum absolute atomic E-state index is 5.51. The minimum atomic E-state index is -0.218. The van der Waals surface area contributed by atoms with Gasteiger partial charge < -0.3 is 0 Å². The highest BCUT2D eigenvalue weighted by Crippen LogP contribution is 2.11. The maximum Gasteiger partial charge on any atom is 0.107 e. The average Bonchev–Trinajstić information content (AvgIpc) is 1.87. The monoisotopic (exact) mass is 200 g/mol. The lowest BCUT2D eigenvalue weighted by Crippen LogP contribution is -1.84. The summed E-state index contributed by atoms with van der Waals surface area (Å²) in [6.07, 6.45) is 6.88. The SMILES string of the molecule is ClC/C=C/CCCC(Cl)Cl. The Morgan fingerprint density at radius 1 is 1.20 bits per heavy atom. The predicted molar refractivity (Wildman–Crippen MR) is 49.2 cm³/mol. The molecule has 0 atom stereocenters. The van der Waals surface area contributed by atoms with Gasteiger partial charge in [-0.2, -0.15) is 0 Å². The fourth-order valence-corrected chi connectivity index (χ4v) is 1.01. The van der Waals surface area contributed by atoms with E-state index in [1.807, 2.05) is 12.2 Å². The summed E-state index contributed by atoms with van der Waals surface area (Å²) in [5.41, 5.74) is 0. The third kappa shape index (κ3) is 8.61. The van der Waals surface area contributed by atoms with E-state index in [0.29, 0.717) is 5.88 Å². The van der Waals surface area contributed by atoms with Crippen molar-refractivity contribution in [2.45, 2.75) is 24.1 Å². The zero-order valence-corrected chi connectivity index (χ0v) is 7.96. The van der Waals surface area contributed by atoms with Gasteiger partial charge in [0.25, 0.3) is 0 Å². The first-order valence-corrected chi connectivity index (χ1v) is 4.67. The lowest BCUT2D eigenvalue weighted by molar-refractivity contribution is 0.795. The molecule has 10 heavy (non-hydrogen) atoms. The molecule has 0 N–H and O–H groups in total. The first-order chi connectivity index (χ1) is 4.77. The minimum Gasteiger partial charge on any atom is -0.122 e. The summed E-state index contributed by atoms with van der Waals surface area (Å²) in [5, 5.41) is 0. The Balaban J connectivity index is 2.97. The first-order valence-electron chi connectivity index (χ1n) is 3.26. The molecule has 0 bridgehead atoms. The standard InChI is InChI=1S/C7H11Cl3/c8-6-4-2-1-3-5-7(9)10/h2,4,7H,1,3,5-6H2/b4-2+. The number of hydrogen-bond donors (Lipinski definition) is 0. The van der Waals surface area contributed by atoms with E-state index in [1.54, 1.807) is 0 Å². The van der Waals surface area contributed by atoms with E-state index in [4.69, 9.17) is 34.8 Å². The van der Waals surface area contributed by atoms with Crippen LogP contribution < -0.4 is 0 Å². The van der Waals surface area contributed by atoms with Gasteiger partial charge in [-0.15, -0.1) is 34.8 Å². The molecule has 0 nitrogen and oxygen atoms in total. The summed E-state index contributed by atoms with van der Waals surface area (Å²) in [7, 11) is 0. The highest BCUT2D eigenvalue weighted by Gasteiger charge is 1.95. The Hall–Kier alpha value is 0.610. The lowest BCUT2D eigenvalue weighted by atomic mass is 10.2. The van der Waals surface area contributed by atoms with Gasteiger partial charge in [0, 0.05) is 5.88 Å². The largest absolute Gasteiger partial charge is 0.122 e. The summed E-state index contributed by atoms with van der Waals surface area (Å²) in [4.78, 5) is -0.218. The Morgan fingerprint density at radius 2 is 1.90 bits per heavy atom. The number of alkyl halides is 3. The van der Waals surface area contributed by atoms with Gasteiger partial charge in [-0.3, -0.25) is 0 Å². The van der Waals surface area contributed by atoms with Gasteiger partial charge in [-0.05, 0) is 19.3 Å². The molecule has 0 aromatic rings. The van der Waals surface area contributed by atoms with Crippen molar-refractivity contribution >= 4 is 34.8 Å². The van der Waals surface area contributed by atoms with Gasteiger partial charge in [0.05, 0.1) is 0 Å². The molecular weight excluding hydrogens is 190 g/mol. The number of halogens is 3. The molecule has 0 aromatic carbocycles. The second-order valence-corrected chi connectivity index (χ2v) is 3.53. The van der Waals surface area contributed by atoms with E-state index >= 15 is 0 Å². The van der Waals surface area contributed by atoms with Crippen molar-refractivity contribution in [2.24, 2.45) is 0 Å². The van der Waals surface area contributed by atoms with Crippen LogP contribution >= 0.6 is 34.8 Å². The van der Waals surface area contributed by atoms with Crippen LogP contribution in [0.4, 0.5) is 0 Å². The molecule has 60 valence electrons. The van der Waals surface area contributed by atoms with Gasteiger partial charge in [-0.1, -0.05) is 12.2 Å². The molecule has 0 rings (SSSR count). The second kappa shape index (κ2) is 7.71. The molecule has 0 saturated carbocycles. The number of unbranched alkanes of at least 4 members (excludes halogenated alkanes) is 1. The van der Waals surface area contributed by atoms with Gasteiger partial charge in [0.15, 0.2) is 0 Å². The van der Waals surface area contributed by atoms with Crippen molar-refractivity contribution in [3.8, 4) is 0 Å². The molecule has 0 aliphatic heterocycles. The van der Waals surface area contributed by atoms with Gasteiger partial charge >= 0.3 is 0 Å². The summed E-state index contributed by atoms with van der Waals surface area (Å²) >= 11 is 16.4. The quantitative estimate of drug-likeness (QED) is 0.361. The van der Waals surface area contributed by atoms with Crippen molar-refractivity contribution in [3.05, 3.63) is 12.2 Å². The number of allylic oxidation sites excluding steroid dienone is 2. The van der Waals surface area contributed by atoms with Crippen LogP contribution in [0.25, 0.3) is 0 Å². The predicted octanol–water partition coefficient (Wildman–Crippen LogP) is 3.76. The zero-order chi connectivity index (χ0) is 7.82. The Bertz CT molecular complexity index is 88.9. The Labute approximate surface area is 77.1 Å². The fraction of sp³-hybridized carbons (Fsp3) is 0.714. The molecule has 0 amide bonds. The Kier molecular flexibility index (Phi) is 8.18. The van der Waals surface area contributed by atoms with Crippen LogP contribution in [0.15, 0.2) is 12.2 Å². The smallest absolute Gasteiger partial charge is 0.107 e. The van der Waals surface area contributed by atoms with Crippen LogP contribution in [-0.4, -0.2) is 10.7 Å². The molecule has 0 aromatic heterocycles. The van der Waals surface area contributed by atoms with E-state index in [9.17, 15) is 0 Å². The summed E-state index contributed by atoms with van der Waals surface area (Å²) < 4.78 is 0. The van der Waals surface area contributed by atoms with Crippen molar-refractivity contribution < 1.29 is 0 Å². The molecule has 0 radical (unpaired) electrons. The van der Waals surface area contributed by atoms with Crippen LogP contribution in [-0.2, 0) is 0 Å².